The Morgan fingerprint density at radius 2 is 1.84 bits per heavy atom. The van der Waals surface area contributed by atoms with Gasteiger partial charge in [-0.3, -0.25) is 4.79 Å². The van der Waals surface area contributed by atoms with Crippen LogP contribution >= 0.6 is 0 Å². The van der Waals surface area contributed by atoms with Crippen molar-refractivity contribution < 1.29 is 14.7 Å². The maximum absolute atomic E-state index is 11.8. The topological polar surface area (TPSA) is 92.4 Å². The van der Waals surface area contributed by atoms with Gasteiger partial charge in [0.2, 0.25) is 5.91 Å². The quantitative estimate of drug-likeness (QED) is 0.627. The van der Waals surface area contributed by atoms with Crippen LogP contribution < -0.4 is 11.1 Å². The summed E-state index contributed by atoms with van der Waals surface area (Å²) in [5.74, 6) is -0.749. The minimum Gasteiger partial charge on any atom is -0.480 e. The standard InChI is InChI=1S/C14H28N2O3/c1-5-10(8-9-15)6-7-11(17)16-12(13(18)19)14(2,3)4/h10,12H,5-9,15H2,1-4H3,(H,16,17)(H,18,19). The van der Waals surface area contributed by atoms with Gasteiger partial charge in [0.25, 0.3) is 0 Å². The number of carbonyl (C=O) groups is 2. The minimum atomic E-state index is -0.991. The van der Waals surface area contributed by atoms with Crippen LogP contribution in [0.1, 0.15) is 53.4 Å². The molecule has 112 valence electrons. The van der Waals surface area contributed by atoms with E-state index in [-0.39, 0.29) is 5.91 Å². The molecule has 19 heavy (non-hydrogen) atoms. The molecule has 1 amide bonds. The second-order valence-electron chi connectivity index (χ2n) is 6.10. The number of aliphatic carboxylic acids is 1. The Bertz CT molecular complexity index is 298. The van der Waals surface area contributed by atoms with Crippen molar-refractivity contribution in [2.45, 2.75) is 59.4 Å². The fourth-order valence-corrected chi connectivity index (χ4v) is 2.01. The number of carboxylic acids is 1. The summed E-state index contributed by atoms with van der Waals surface area (Å²) in [5.41, 5.74) is 5.01. The highest BCUT2D eigenvalue weighted by molar-refractivity contribution is 5.84. The molecule has 0 saturated carbocycles. The van der Waals surface area contributed by atoms with Gasteiger partial charge in [0.05, 0.1) is 0 Å². The molecule has 5 nitrogen and oxygen atoms in total. The first-order valence-corrected chi connectivity index (χ1v) is 6.94. The summed E-state index contributed by atoms with van der Waals surface area (Å²) in [6, 6.07) is -0.852. The van der Waals surface area contributed by atoms with E-state index >= 15 is 0 Å². The fourth-order valence-electron chi connectivity index (χ4n) is 2.01. The summed E-state index contributed by atoms with van der Waals surface area (Å²) in [6.45, 7) is 8.10. The number of nitrogens with two attached hydrogens (primary N) is 1. The number of rotatable bonds is 8. The van der Waals surface area contributed by atoms with Gasteiger partial charge in [0.1, 0.15) is 6.04 Å². The molecule has 0 aromatic rings. The summed E-state index contributed by atoms with van der Waals surface area (Å²) in [5, 5.41) is 11.7. The molecule has 0 fully saturated rings. The molecule has 0 bridgehead atoms. The molecule has 0 aromatic carbocycles. The largest absolute Gasteiger partial charge is 0.480 e. The average Bonchev–Trinajstić information content (AvgIpc) is 2.29. The van der Waals surface area contributed by atoms with Gasteiger partial charge in [-0.15, -0.1) is 0 Å². The Morgan fingerprint density at radius 1 is 1.26 bits per heavy atom. The summed E-state index contributed by atoms with van der Waals surface area (Å²) in [6.07, 6.45) is 3.02. The molecule has 2 unspecified atom stereocenters. The van der Waals surface area contributed by atoms with Gasteiger partial charge in [-0.1, -0.05) is 34.1 Å². The van der Waals surface area contributed by atoms with Gasteiger partial charge in [-0.25, -0.2) is 4.79 Å². The summed E-state index contributed by atoms with van der Waals surface area (Å²) in [7, 11) is 0. The smallest absolute Gasteiger partial charge is 0.326 e. The van der Waals surface area contributed by atoms with Crippen molar-refractivity contribution in [1.82, 2.24) is 5.32 Å². The van der Waals surface area contributed by atoms with Crippen LogP contribution in [-0.2, 0) is 9.59 Å². The lowest BCUT2D eigenvalue weighted by molar-refractivity contribution is -0.145. The number of hydrogen-bond acceptors (Lipinski definition) is 3. The minimum absolute atomic E-state index is 0.196. The zero-order valence-corrected chi connectivity index (χ0v) is 12.5. The molecule has 0 aromatic heterocycles. The van der Waals surface area contributed by atoms with Crippen molar-refractivity contribution in [2.75, 3.05) is 6.54 Å². The lowest BCUT2D eigenvalue weighted by atomic mass is 9.86. The molecular formula is C14H28N2O3. The van der Waals surface area contributed by atoms with Crippen LogP contribution in [0.4, 0.5) is 0 Å². The van der Waals surface area contributed by atoms with Crippen molar-refractivity contribution in [3.63, 3.8) is 0 Å². The Morgan fingerprint density at radius 3 is 2.21 bits per heavy atom. The summed E-state index contributed by atoms with van der Waals surface area (Å²) >= 11 is 0. The maximum Gasteiger partial charge on any atom is 0.326 e. The van der Waals surface area contributed by atoms with E-state index < -0.39 is 17.4 Å². The van der Waals surface area contributed by atoms with Gasteiger partial charge >= 0.3 is 5.97 Å². The predicted octanol–water partition coefficient (Wildman–Crippen LogP) is 1.76. The molecule has 0 rings (SSSR count). The summed E-state index contributed by atoms with van der Waals surface area (Å²) in [4.78, 5) is 23.0. The van der Waals surface area contributed by atoms with E-state index in [0.717, 1.165) is 19.3 Å². The molecule has 4 N–H and O–H groups in total. The maximum atomic E-state index is 11.8. The van der Waals surface area contributed by atoms with Gasteiger partial charge in [-0.05, 0) is 30.7 Å². The highest BCUT2D eigenvalue weighted by Gasteiger charge is 2.32. The van der Waals surface area contributed by atoms with E-state index in [1.807, 2.05) is 0 Å². The molecule has 0 aliphatic heterocycles. The van der Waals surface area contributed by atoms with Crippen LogP contribution in [-0.4, -0.2) is 29.6 Å². The Kier molecular flexibility index (Phi) is 7.68. The third-order valence-corrected chi connectivity index (χ3v) is 3.35. The number of amides is 1. The highest BCUT2D eigenvalue weighted by atomic mass is 16.4. The number of carboxylic acid groups (broad SMARTS) is 1. The van der Waals surface area contributed by atoms with Crippen molar-refractivity contribution in [3.8, 4) is 0 Å². The fraction of sp³-hybridized carbons (Fsp3) is 0.857. The van der Waals surface area contributed by atoms with Crippen molar-refractivity contribution in [2.24, 2.45) is 17.1 Å². The summed E-state index contributed by atoms with van der Waals surface area (Å²) < 4.78 is 0. The van der Waals surface area contributed by atoms with Crippen LogP contribution in [0.2, 0.25) is 0 Å². The van der Waals surface area contributed by atoms with Crippen molar-refractivity contribution in [3.05, 3.63) is 0 Å². The average molecular weight is 272 g/mol. The lowest BCUT2D eigenvalue weighted by Crippen LogP contribution is -2.49. The predicted molar refractivity (Wildman–Crippen MR) is 75.7 cm³/mol. The van der Waals surface area contributed by atoms with Gasteiger partial charge in [0.15, 0.2) is 0 Å². The van der Waals surface area contributed by atoms with E-state index in [4.69, 9.17) is 10.8 Å². The molecule has 5 heteroatoms. The molecular weight excluding hydrogens is 244 g/mol. The van der Waals surface area contributed by atoms with Crippen LogP contribution in [0.15, 0.2) is 0 Å². The molecule has 2 atom stereocenters. The van der Waals surface area contributed by atoms with E-state index in [0.29, 0.717) is 18.9 Å². The van der Waals surface area contributed by atoms with E-state index in [1.54, 1.807) is 20.8 Å². The SMILES string of the molecule is CCC(CCN)CCC(=O)NC(C(=O)O)C(C)(C)C. The molecule has 0 radical (unpaired) electrons. The highest BCUT2D eigenvalue weighted by Crippen LogP contribution is 2.20. The van der Waals surface area contributed by atoms with Gasteiger partial charge in [-0.2, -0.15) is 0 Å². The normalized spacial score (nSPS) is 14.8. The van der Waals surface area contributed by atoms with E-state index in [9.17, 15) is 9.59 Å². The third-order valence-electron chi connectivity index (χ3n) is 3.35. The van der Waals surface area contributed by atoms with Crippen LogP contribution in [0.25, 0.3) is 0 Å². The first-order valence-electron chi connectivity index (χ1n) is 6.94. The zero-order valence-electron chi connectivity index (χ0n) is 12.5. The first-order chi connectivity index (χ1) is 8.72. The lowest BCUT2D eigenvalue weighted by Gasteiger charge is -2.28. The molecule has 0 aliphatic rings. The molecule has 0 spiro atoms. The molecule has 0 aliphatic carbocycles. The van der Waals surface area contributed by atoms with Gasteiger partial charge in [0, 0.05) is 6.42 Å². The van der Waals surface area contributed by atoms with Crippen LogP contribution in [0.3, 0.4) is 0 Å². The zero-order chi connectivity index (χ0) is 15.1. The number of hydrogen-bond donors (Lipinski definition) is 3. The van der Waals surface area contributed by atoms with Crippen LogP contribution in [0, 0.1) is 11.3 Å². The Hall–Kier alpha value is -1.10. The number of nitrogens with one attached hydrogen (secondary N) is 1. The van der Waals surface area contributed by atoms with Crippen molar-refractivity contribution >= 4 is 11.9 Å². The third kappa shape index (κ3) is 7.15. The number of carbonyl (C=O) groups excluding carboxylic acids is 1. The van der Waals surface area contributed by atoms with Gasteiger partial charge < -0.3 is 16.2 Å². The monoisotopic (exact) mass is 272 g/mol. The second kappa shape index (κ2) is 8.15. The Labute approximate surface area is 115 Å². The van der Waals surface area contributed by atoms with Crippen LogP contribution in [0.5, 0.6) is 0 Å². The van der Waals surface area contributed by atoms with Crippen molar-refractivity contribution in [1.29, 1.82) is 0 Å². The first kappa shape index (κ1) is 17.9. The van der Waals surface area contributed by atoms with E-state index in [1.165, 1.54) is 0 Å². The molecule has 0 heterocycles. The Balaban J connectivity index is 4.32. The van der Waals surface area contributed by atoms with E-state index in [2.05, 4.69) is 12.2 Å². The molecule has 0 saturated heterocycles. The second-order valence-corrected chi connectivity index (χ2v) is 6.10.